The summed E-state index contributed by atoms with van der Waals surface area (Å²) in [5, 5.41) is 0. The zero-order chi connectivity index (χ0) is 29.7. The van der Waals surface area contributed by atoms with Crippen LogP contribution < -0.4 is 0 Å². The molecule has 0 spiro atoms. The fourth-order valence-electron chi connectivity index (χ4n) is 2.46. The minimum absolute atomic E-state index is 0.0548. The molecule has 0 bridgehead atoms. The predicted molar refractivity (Wildman–Crippen MR) is 90.4 cm³/mol. The first-order chi connectivity index (χ1) is 16.2. The fraction of sp³-hybridized carbons (Fsp3) is 0.526. The number of allylic oxidation sites excluding steroid dienone is 1. The van der Waals surface area contributed by atoms with Crippen LogP contribution in [0.2, 0.25) is 0 Å². The molecule has 0 amide bonds. The number of hydrogen-bond donors (Lipinski definition) is 0. The van der Waals surface area contributed by atoms with Crippen molar-refractivity contribution >= 4 is 11.9 Å². The maximum atomic E-state index is 14.2. The summed E-state index contributed by atoms with van der Waals surface area (Å²) in [6.07, 6.45) is -6.12. The van der Waals surface area contributed by atoms with E-state index >= 15 is 0 Å². The van der Waals surface area contributed by atoms with Crippen LogP contribution in [-0.2, 0) is 10.7 Å². The van der Waals surface area contributed by atoms with Gasteiger partial charge in [0, 0.05) is 12.0 Å². The summed E-state index contributed by atoms with van der Waals surface area (Å²) in [6, 6.07) is 0.537. The quantitative estimate of drug-likeness (QED) is 0.202. The van der Waals surface area contributed by atoms with Gasteiger partial charge < -0.3 is 0 Å². The topological polar surface area (TPSA) is 17.1 Å². The molecule has 0 N–H and O–H groups in total. The standard InChI is InChI=1S/C19H11F17O/c1-2-11(37)8-5-9-3-6-10(7-4-9)12(20,21)13(22,23)14(24,25)15(26,27)16(28,29)17(30,31)18(32,33)19(34,35)36/h3-8H,2H2,1H3/b8-5+. The van der Waals surface area contributed by atoms with Gasteiger partial charge in [-0.15, -0.1) is 0 Å². The van der Waals surface area contributed by atoms with E-state index in [0.717, 1.165) is 12.2 Å². The van der Waals surface area contributed by atoms with E-state index in [-0.39, 0.29) is 24.1 Å². The zero-order valence-corrected chi connectivity index (χ0v) is 17.5. The Kier molecular flexibility index (Phi) is 8.18. The third-order valence-corrected chi connectivity index (χ3v) is 4.81. The molecule has 0 unspecified atom stereocenters. The highest BCUT2D eigenvalue weighted by atomic mass is 19.4. The Bertz CT molecular complexity index is 1000. The van der Waals surface area contributed by atoms with Gasteiger partial charge in [0.05, 0.1) is 0 Å². The van der Waals surface area contributed by atoms with Crippen molar-refractivity contribution in [1.29, 1.82) is 0 Å². The average Bonchev–Trinajstić information content (AvgIpc) is 2.75. The van der Waals surface area contributed by atoms with Crippen molar-refractivity contribution in [3.05, 3.63) is 41.5 Å². The molecule has 0 saturated heterocycles. The molecule has 1 nitrogen and oxygen atoms in total. The van der Waals surface area contributed by atoms with Gasteiger partial charge in [-0.1, -0.05) is 37.3 Å². The third kappa shape index (κ3) is 4.75. The summed E-state index contributed by atoms with van der Waals surface area (Å²) in [7, 11) is 0. The van der Waals surface area contributed by atoms with Crippen LogP contribution in [0.25, 0.3) is 6.08 Å². The first kappa shape index (κ1) is 32.5. The largest absolute Gasteiger partial charge is 0.460 e. The minimum Gasteiger partial charge on any atom is -0.295 e. The van der Waals surface area contributed by atoms with Crippen LogP contribution in [0, 0.1) is 0 Å². The van der Waals surface area contributed by atoms with Crippen molar-refractivity contribution in [1.82, 2.24) is 0 Å². The molecule has 0 saturated carbocycles. The van der Waals surface area contributed by atoms with Crippen LogP contribution in [0.15, 0.2) is 30.3 Å². The van der Waals surface area contributed by atoms with Crippen LogP contribution in [-0.4, -0.2) is 47.5 Å². The smallest absolute Gasteiger partial charge is 0.295 e. The number of rotatable bonds is 10. The highest BCUT2D eigenvalue weighted by Gasteiger charge is 2.95. The monoisotopic (exact) mass is 578 g/mol. The average molecular weight is 578 g/mol. The molecule has 0 aromatic heterocycles. The van der Waals surface area contributed by atoms with E-state index in [1.54, 1.807) is 0 Å². The van der Waals surface area contributed by atoms with Gasteiger partial charge in [0.15, 0.2) is 5.78 Å². The van der Waals surface area contributed by atoms with Gasteiger partial charge in [0.1, 0.15) is 0 Å². The molecule has 0 aliphatic heterocycles. The van der Waals surface area contributed by atoms with Gasteiger partial charge in [-0.25, -0.2) is 0 Å². The van der Waals surface area contributed by atoms with Gasteiger partial charge >= 0.3 is 47.6 Å². The van der Waals surface area contributed by atoms with Crippen LogP contribution in [0.3, 0.4) is 0 Å². The van der Waals surface area contributed by atoms with E-state index in [1.165, 1.54) is 6.92 Å². The van der Waals surface area contributed by atoms with E-state index in [2.05, 4.69) is 0 Å². The van der Waals surface area contributed by atoms with E-state index in [0.29, 0.717) is 12.1 Å². The summed E-state index contributed by atoms with van der Waals surface area (Å²) < 4.78 is 226. The second kappa shape index (κ2) is 9.32. The highest BCUT2D eigenvalue weighted by Crippen LogP contribution is 2.65. The Morgan fingerprint density at radius 3 is 1.30 bits per heavy atom. The van der Waals surface area contributed by atoms with E-state index in [9.17, 15) is 79.4 Å². The normalized spacial score (nSPS) is 15.4. The summed E-state index contributed by atoms with van der Waals surface area (Å²) in [5.74, 6) is -57.3. The maximum Gasteiger partial charge on any atom is 0.460 e. The number of benzene rings is 1. The van der Waals surface area contributed by atoms with Crippen molar-refractivity contribution < 1.29 is 79.4 Å². The number of carbonyl (C=O) groups excluding carboxylic acids is 1. The molecule has 0 aliphatic carbocycles. The van der Waals surface area contributed by atoms with Crippen LogP contribution >= 0.6 is 0 Å². The lowest BCUT2D eigenvalue weighted by Crippen LogP contribution is -2.74. The summed E-state index contributed by atoms with van der Waals surface area (Å²) in [5.41, 5.74) is -2.56. The van der Waals surface area contributed by atoms with Gasteiger partial charge in [-0.2, -0.15) is 74.6 Å². The molecule has 1 aromatic rings. The van der Waals surface area contributed by atoms with Crippen LogP contribution in [0.4, 0.5) is 74.6 Å². The SMILES string of the molecule is CCC(=O)/C=C/c1ccc(C(F)(F)C(F)(F)C(F)(F)C(F)(F)C(F)(F)C(F)(F)C(F)(F)C(F)(F)F)cc1. The summed E-state index contributed by atoms with van der Waals surface area (Å²) in [4.78, 5) is 11.1. The summed E-state index contributed by atoms with van der Waals surface area (Å²) >= 11 is 0. The number of alkyl halides is 17. The molecular weight excluding hydrogens is 567 g/mol. The molecule has 212 valence electrons. The first-order valence-electron chi connectivity index (χ1n) is 9.21. The Morgan fingerprint density at radius 1 is 0.595 bits per heavy atom. The predicted octanol–water partition coefficient (Wildman–Crippen LogP) is 8.14. The summed E-state index contributed by atoms with van der Waals surface area (Å²) in [6.45, 7) is 1.39. The van der Waals surface area contributed by atoms with Gasteiger partial charge in [-0.05, 0) is 11.6 Å². The Hall–Kier alpha value is -2.56. The van der Waals surface area contributed by atoms with Crippen molar-refractivity contribution in [3.8, 4) is 0 Å². The van der Waals surface area contributed by atoms with Crippen LogP contribution in [0.5, 0.6) is 0 Å². The molecule has 0 heterocycles. The Balaban J connectivity index is 3.60. The molecule has 1 aromatic carbocycles. The maximum absolute atomic E-state index is 14.2. The Labute approximate surface area is 194 Å². The second-order valence-corrected chi connectivity index (χ2v) is 7.29. The molecular formula is C19H11F17O. The van der Waals surface area contributed by atoms with Gasteiger partial charge in [0.25, 0.3) is 0 Å². The van der Waals surface area contributed by atoms with Crippen LogP contribution in [0.1, 0.15) is 24.5 Å². The number of hydrogen-bond acceptors (Lipinski definition) is 1. The lowest BCUT2D eigenvalue weighted by Gasteiger charge is -2.42. The number of halogens is 17. The second-order valence-electron chi connectivity index (χ2n) is 7.29. The number of carbonyl (C=O) groups is 1. The van der Waals surface area contributed by atoms with Crippen molar-refractivity contribution in [2.45, 2.75) is 61.0 Å². The van der Waals surface area contributed by atoms with E-state index < -0.39 is 59.0 Å². The van der Waals surface area contributed by atoms with Gasteiger partial charge in [0.2, 0.25) is 0 Å². The molecule has 0 aliphatic rings. The number of ketones is 1. The molecule has 37 heavy (non-hydrogen) atoms. The van der Waals surface area contributed by atoms with Crippen molar-refractivity contribution in [2.75, 3.05) is 0 Å². The molecule has 18 heteroatoms. The van der Waals surface area contributed by atoms with Crippen molar-refractivity contribution in [3.63, 3.8) is 0 Å². The lowest BCUT2D eigenvalue weighted by atomic mass is 9.87. The van der Waals surface area contributed by atoms with Gasteiger partial charge in [-0.3, -0.25) is 4.79 Å². The molecule has 0 radical (unpaired) electrons. The molecule has 0 fully saturated rings. The lowest BCUT2D eigenvalue weighted by molar-refractivity contribution is -0.462. The third-order valence-electron chi connectivity index (χ3n) is 4.81. The van der Waals surface area contributed by atoms with E-state index in [1.807, 2.05) is 0 Å². The zero-order valence-electron chi connectivity index (χ0n) is 17.5. The molecule has 0 atom stereocenters. The fourth-order valence-corrected chi connectivity index (χ4v) is 2.46. The molecule has 1 rings (SSSR count). The van der Waals surface area contributed by atoms with Crippen molar-refractivity contribution in [2.24, 2.45) is 0 Å². The van der Waals surface area contributed by atoms with E-state index in [4.69, 9.17) is 0 Å². The highest BCUT2D eigenvalue weighted by molar-refractivity contribution is 5.93. The minimum atomic E-state index is -8.66. The first-order valence-corrected chi connectivity index (χ1v) is 9.21. The Morgan fingerprint density at radius 2 is 0.946 bits per heavy atom.